The fourth-order valence-electron chi connectivity index (χ4n) is 7.25. The van der Waals surface area contributed by atoms with Gasteiger partial charge in [-0.2, -0.15) is 0 Å². The van der Waals surface area contributed by atoms with E-state index in [1.165, 1.54) is 63.6 Å². The van der Waals surface area contributed by atoms with Gasteiger partial charge in [0.1, 0.15) is 0 Å². The summed E-state index contributed by atoms with van der Waals surface area (Å²) in [6.45, 7) is 0. The highest BCUT2D eigenvalue weighted by Gasteiger charge is 2.15. The average Bonchev–Trinajstić information content (AvgIpc) is 3.56. The van der Waals surface area contributed by atoms with Crippen molar-refractivity contribution in [1.82, 2.24) is 9.97 Å². The lowest BCUT2D eigenvalue weighted by atomic mass is 9.94. The Morgan fingerprint density at radius 3 is 1.88 bits per heavy atom. The highest BCUT2D eigenvalue weighted by Crippen LogP contribution is 2.41. The molecule has 0 radical (unpaired) electrons. The minimum atomic E-state index is 0.719. The molecule has 0 unspecified atom stereocenters. The summed E-state index contributed by atoms with van der Waals surface area (Å²) in [4.78, 5) is 10.3. The molecule has 49 heavy (non-hydrogen) atoms. The van der Waals surface area contributed by atoms with Crippen molar-refractivity contribution < 1.29 is 0 Å². The van der Waals surface area contributed by atoms with Crippen molar-refractivity contribution in [2.75, 3.05) is 0 Å². The Bertz CT molecular complexity index is 2870. The summed E-state index contributed by atoms with van der Waals surface area (Å²) in [6.07, 6.45) is 0. The smallest absolute Gasteiger partial charge is 0.160 e. The van der Waals surface area contributed by atoms with Crippen molar-refractivity contribution in [2.24, 2.45) is 0 Å². The zero-order valence-electron chi connectivity index (χ0n) is 26.5. The number of fused-ring (bicyclic) bond motifs is 7. The van der Waals surface area contributed by atoms with E-state index in [4.69, 9.17) is 9.97 Å². The molecule has 0 saturated heterocycles. The van der Waals surface area contributed by atoms with Gasteiger partial charge in [-0.3, -0.25) is 0 Å². The second kappa shape index (κ2) is 11.2. The molecule has 10 aromatic rings. The van der Waals surface area contributed by atoms with Gasteiger partial charge < -0.3 is 0 Å². The number of hydrogen-bond acceptors (Lipinski definition) is 3. The second-order valence-electron chi connectivity index (χ2n) is 12.6. The van der Waals surface area contributed by atoms with Crippen molar-refractivity contribution in [3.8, 4) is 45.0 Å². The van der Waals surface area contributed by atoms with Gasteiger partial charge in [-0.15, -0.1) is 11.3 Å². The number of benzene rings is 8. The van der Waals surface area contributed by atoms with Crippen LogP contribution in [0.15, 0.2) is 170 Å². The summed E-state index contributed by atoms with van der Waals surface area (Å²) in [7, 11) is 0. The molecule has 2 heterocycles. The summed E-state index contributed by atoms with van der Waals surface area (Å²) in [5, 5.41) is 10.0. The van der Waals surface area contributed by atoms with Gasteiger partial charge in [-0.25, -0.2) is 9.97 Å². The third-order valence-electron chi connectivity index (χ3n) is 9.67. The highest BCUT2D eigenvalue weighted by molar-refractivity contribution is 7.26. The summed E-state index contributed by atoms with van der Waals surface area (Å²) in [5.41, 5.74) is 7.43. The number of rotatable bonds is 4. The van der Waals surface area contributed by atoms with Gasteiger partial charge >= 0.3 is 0 Å². The quantitative estimate of drug-likeness (QED) is 0.141. The predicted molar refractivity (Wildman–Crippen MR) is 209 cm³/mol. The van der Waals surface area contributed by atoms with Crippen LogP contribution in [0.25, 0.3) is 97.5 Å². The predicted octanol–water partition coefficient (Wildman–Crippen LogP) is 13.0. The molecule has 0 atom stereocenters. The zero-order valence-corrected chi connectivity index (χ0v) is 27.3. The minimum absolute atomic E-state index is 0.719. The molecule has 0 amide bonds. The minimum Gasteiger partial charge on any atom is -0.228 e. The van der Waals surface area contributed by atoms with Crippen molar-refractivity contribution in [3.05, 3.63) is 170 Å². The van der Waals surface area contributed by atoms with Gasteiger partial charge in [0.15, 0.2) is 5.82 Å². The Labute approximate surface area is 287 Å². The summed E-state index contributed by atoms with van der Waals surface area (Å²) < 4.78 is 2.64. The maximum Gasteiger partial charge on any atom is 0.160 e. The number of thiophene rings is 1. The first-order chi connectivity index (χ1) is 24.3. The molecule has 228 valence electrons. The van der Waals surface area contributed by atoms with E-state index < -0.39 is 0 Å². The van der Waals surface area contributed by atoms with Gasteiger partial charge in [0, 0.05) is 36.9 Å². The van der Waals surface area contributed by atoms with Gasteiger partial charge in [-0.05, 0) is 67.7 Å². The van der Waals surface area contributed by atoms with Crippen LogP contribution < -0.4 is 0 Å². The van der Waals surface area contributed by atoms with E-state index in [0.29, 0.717) is 0 Å². The Balaban J connectivity index is 1.12. The first-order valence-electron chi connectivity index (χ1n) is 16.6. The van der Waals surface area contributed by atoms with Gasteiger partial charge in [0.2, 0.25) is 0 Å². The molecule has 0 saturated carbocycles. The van der Waals surface area contributed by atoms with E-state index in [2.05, 4.69) is 152 Å². The molecule has 0 aliphatic rings. The molecule has 10 rings (SSSR count). The molecule has 2 aromatic heterocycles. The molecule has 3 heteroatoms. The molecular weight excluding hydrogens is 613 g/mol. The Hall–Kier alpha value is -6.16. The van der Waals surface area contributed by atoms with Gasteiger partial charge in [-0.1, -0.05) is 146 Å². The molecule has 0 N–H and O–H groups in total. The molecule has 8 aromatic carbocycles. The van der Waals surface area contributed by atoms with E-state index in [9.17, 15) is 0 Å². The Kier molecular flexibility index (Phi) is 6.39. The Morgan fingerprint density at radius 2 is 1.02 bits per heavy atom. The lowest BCUT2D eigenvalue weighted by Crippen LogP contribution is -1.96. The first-order valence-corrected chi connectivity index (χ1v) is 17.4. The molecule has 0 bridgehead atoms. The first kappa shape index (κ1) is 27.9. The van der Waals surface area contributed by atoms with E-state index in [1.807, 2.05) is 29.5 Å². The van der Waals surface area contributed by atoms with E-state index in [0.717, 1.165) is 33.9 Å². The van der Waals surface area contributed by atoms with Gasteiger partial charge in [0.25, 0.3) is 0 Å². The average molecular weight is 641 g/mol. The van der Waals surface area contributed by atoms with Crippen LogP contribution in [0.4, 0.5) is 0 Å². The van der Waals surface area contributed by atoms with Crippen molar-refractivity contribution in [3.63, 3.8) is 0 Å². The van der Waals surface area contributed by atoms with Crippen LogP contribution in [0.1, 0.15) is 0 Å². The van der Waals surface area contributed by atoms with E-state index >= 15 is 0 Å². The monoisotopic (exact) mass is 640 g/mol. The van der Waals surface area contributed by atoms with Crippen molar-refractivity contribution in [2.45, 2.75) is 0 Å². The molecule has 0 spiro atoms. The summed E-state index contributed by atoms with van der Waals surface area (Å²) in [5.74, 6) is 0.719. The molecule has 2 nitrogen and oxygen atoms in total. The van der Waals surface area contributed by atoms with Crippen LogP contribution in [0.2, 0.25) is 0 Å². The molecule has 0 aliphatic carbocycles. The second-order valence-corrected chi connectivity index (χ2v) is 13.6. The normalized spacial score (nSPS) is 11.7. The van der Waals surface area contributed by atoms with Crippen LogP contribution in [0, 0.1) is 0 Å². The fraction of sp³-hybridized carbons (Fsp3) is 0. The van der Waals surface area contributed by atoms with Crippen molar-refractivity contribution >= 4 is 63.8 Å². The van der Waals surface area contributed by atoms with E-state index in [-0.39, 0.29) is 0 Å². The number of hydrogen-bond donors (Lipinski definition) is 0. The standard InChI is InChI=1S/C46H28N2S/c1-2-10-31(11-3-1)46-47-42(30-22-20-29(21-23-30)35-15-8-18-40-39-14-6-7-19-44(39)49-45(35)40)28-43(48-46)38-17-9-16-36-37(38)25-24-34-26-32-12-4-5-13-33(32)27-41(34)36/h1-28H. The van der Waals surface area contributed by atoms with Crippen LogP contribution in [-0.2, 0) is 0 Å². The third-order valence-corrected chi connectivity index (χ3v) is 10.9. The maximum atomic E-state index is 5.19. The number of aromatic nitrogens is 2. The zero-order chi connectivity index (χ0) is 32.3. The summed E-state index contributed by atoms with van der Waals surface area (Å²) in [6, 6.07) is 60.8. The van der Waals surface area contributed by atoms with Crippen LogP contribution in [-0.4, -0.2) is 9.97 Å². The fourth-order valence-corrected chi connectivity index (χ4v) is 8.49. The Morgan fingerprint density at radius 1 is 0.347 bits per heavy atom. The topological polar surface area (TPSA) is 25.8 Å². The molecule has 0 aliphatic heterocycles. The molecule has 0 fully saturated rings. The highest BCUT2D eigenvalue weighted by atomic mass is 32.1. The third kappa shape index (κ3) is 4.70. The number of nitrogens with zero attached hydrogens (tertiary/aromatic N) is 2. The van der Waals surface area contributed by atoms with Crippen LogP contribution in [0.3, 0.4) is 0 Å². The summed E-state index contributed by atoms with van der Waals surface area (Å²) >= 11 is 1.86. The van der Waals surface area contributed by atoms with Crippen LogP contribution >= 0.6 is 11.3 Å². The lowest BCUT2D eigenvalue weighted by Gasteiger charge is -2.13. The largest absolute Gasteiger partial charge is 0.228 e. The lowest BCUT2D eigenvalue weighted by molar-refractivity contribution is 1.18. The van der Waals surface area contributed by atoms with Gasteiger partial charge in [0.05, 0.1) is 11.4 Å². The van der Waals surface area contributed by atoms with Crippen LogP contribution in [0.5, 0.6) is 0 Å². The maximum absolute atomic E-state index is 5.19. The SMILES string of the molecule is c1ccc(-c2nc(-c3ccc(-c4cccc5c4sc4ccccc45)cc3)cc(-c3cccc4c3ccc3cc5ccccc5cc34)n2)cc1. The van der Waals surface area contributed by atoms with E-state index in [1.54, 1.807) is 0 Å². The van der Waals surface area contributed by atoms with Crippen molar-refractivity contribution in [1.29, 1.82) is 0 Å². The molecular formula is C46H28N2S.